The maximum absolute atomic E-state index is 12.3. The van der Waals surface area contributed by atoms with Gasteiger partial charge in [-0.15, -0.1) is 0 Å². The van der Waals surface area contributed by atoms with E-state index in [9.17, 15) is 14.4 Å². The molecule has 7 nitrogen and oxygen atoms in total. The highest BCUT2D eigenvalue weighted by Crippen LogP contribution is 2.21. The van der Waals surface area contributed by atoms with Gasteiger partial charge in [-0.1, -0.05) is 24.6 Å². The summed E-state index contributed by atoms with van der Waals surface area (Å²) >= 11 is 0. The Bertz CT molecular complexity index is 620. The average Bonchev–Trinajstić information content (AvgIpc) is 2.50. The first kappa shape index (κ1) is 20.6. The molecule has 1 aromatic rings. The summed E-state index contributed by atoms with van der Waals surface area (Å²) in [5.41, 5.74) is 3.92. The van der Waals surface area contributed by atoms with E-state index in [1.165, 1.54) is 0 Å². The standard InChI is InChI=1S/C18H27N3O4/c1-6-21(11-16(23)20-18(24)25-7-2)10-15(22)19-17-13(4)8-12(3)9-14(17)5/h8-9H,6-7,10-11H2,1-5H3,(H,19,22)(H,20,23,24). The number of imide groups is 1. The van der Waals surface area contributed by atoms with Crippen molar-refractivity contribution in [3.63, 3.8) is 0 Å². The number of nitrogens with one attached hydrogen (secondary N) is 2. The van der Waals surface area contributed by atoms with Gasteiger partial charge in [-0.2, -0.15) is 0 Å². The molecule has 0 heterocycles. The summed E-state index contributed by atoms with van der Waals surface area (Å²) in [5.74, 6) is -0.711. The van der Waals surface area contributed by atoms with Crippen molar-refractivity contribution in [2.24, 2.45) is 0 Å². The number of rotatable bonds is 7. The fourth-order valence-corrected chi connectivity index (χ4v) is 2.56. The third kappa shape index (κ3) is 6.93. The zero-order valence-corrected chi connectivity index (χ0v) is 15.6. The minimum Gasteiger partial charge on any atom is -0.450 e. The molecule has 0 aromatic heterocycles. The second kappa shape index (κ2) is 9.78. The number of nitrogens with zero attached hydrogens (tertiary/aromatic N) is 1. The van der Waals surface area contributed by atoms with E-state index in [1.807, 2.05) is 39.8 Å². The first-order chi connectivity index (χ1) is 11.8. The Labute approximate surface area is 148 Å². The number of hydrogen-bond acceptors (Lipinski definition) is 5. The van der Waals surface area contributed by atoms with Gasteiger partial charge in [-0.25, -0.2) is 4.79 Å². The van der Waals surface area contributed by atoms with Crippen LogP contribution in [0, 0.1) is 20.8 Å². The van der Waals surface area contributed by atoms with Crippen LogP contribution in [0.15, 0.2) is 12.1 Å². The second-order valence-corrected chi connectivity index (χ2v) is 5.89. The molecule has 0 saturated heterocycles. The molecular formula is C18H27N3O4. The van der Waals surface area contributed by atoms with Crippen LogP contribution in [0.3, 0.4) is 0 Å². The van der Waals surface area contributed by atoms with E-state index in [1.54, 1.807) is 11.8 Å². The van der Waals surface area contributed by atoms with Gasteiger partial charge in [0.1, 0.15) is 0 Å². The average molecular weight is 349 g/mol. The summed E-state index contributed by atoms with van der Waals surface area (Å²) in [5, 5.41) is 5.02. The zero-order chi connectivity index (χ0) is 19.0. The number of alkyl carbamates (subject to hydrolysis) is 1. The van der Waals surface area contributed by atoms with Crippen LogP contribution in [0.5, 0.6) is 0 Å². The lowest BCUT2D eigenvalue weighted by atomic mass is 10.1. The molecule has 3 amide bonds. The minimum atomic E-state index is -0.779. The van der Waals surface area contributed by atoms with E-state index in [-0.39, 0.29) is 25.6 Å². The molecule has 1 aromatic carbocycles. The van der Waals surface area contributed by atoms with Gasteiger partial charge in [0.2, 0.25) is 11.8 Å². The number of benzene rings is 1. The van der Waals surface area contributed by atoms with Gasteiger partial charge < -0.3 is 10.1 Å². The molecule has 0 unspecified atom stereocenters. The van der Waals surface area contributed by atoms with Gasteiger partial charge in [-0.05, 0) is 45.4 Å². The topological polar surface area (TPSA) is 87.7 Å². The van der Waals surface area contributed by atoms with Crippen molar-refractivity contribution < 1.29 is 19.1 Å². The highest BCUT2D eigenvalue weighted by Gasteiger charge is 2.16. The summed E-state index contributed by atoms with van der Waals surface area (Å²) in [4.78, 5) is 37.0. The molecule has 0 aliphatic heterocycles. The van der Waals surface area contributed by atoms with E-state index >= 15 is 0 Å². The van der Waals surface area contributed by atoms with Crippen molar-refractivity contribution in [2.75, 3.05) is 31.6 Å². The second-order valence-electron chi connectivity index (χ2n) is 5.89. The van der Waals surface area contributed by atoms with Crippen molar-refractivity contribution in [1.29, 1.82) is 0 Å². The highest BCUT2D eigenvalue weighted by molar-refractivity contribution is 5.95. The fraction of sp³-hybridized carbons (Fsp3) is 0.500. The van der Waals surface area contributed by atoms with E-state index in [0.717, 1.165) is 22.4 Å². The molecule has 0 atom stereocenters. The lowest BCUT2D eigenvalue weighted by Gasteiger charge is -2.20. The quantitative estimate of drug-likeness (QED) is 0.787. The van der Waals surface area contributed by atoms with E-state index in [4.69, 9.17) is 0 Å². The molecule has 0 spiro atoms. The van der Waals surface area contributed by atoms with Crippen LogP contribution in [-0.2, 0) is 14.3 Å². The van der Waals surface area contributed by atoms with Gasteiger partial charge in [-0.3, -0.25) is 19.8 Å². The number of carbonyl (C=O) groups is 3. The lowest BCUT2D eigenvalue weighted by Crippen LogP contribution is -2.43. The maximum Gasteiger partial charge on any atom is 0.413 e. The minimum absolute atomic E-state index is 0.0551. The molecule has 0 bridgehead atoms. The summed E-state index contributed by atoms with van der Waals surface area (Å²) in [6, 6.07) is 4.01. The number of amides is 3. The lowest BCUT2D eigenvalue weighted by molar-refractivity contribution is -0.122. The van der Waals surface area contributed by atoms with Crippen molar-refractivity contribution in [1.82, 2.24) is 10.2 Å². The molecule has 2 N–H and O–H groups in total. The Balaban J connectivity index is 2.62. The predicted octanol–water partition coefficient (Wildman–Crippen LogP) is 2.14. The maximum atomic E-state index is 12.3. The molecule has 0 radical (unpaired) electrons. The Morgan fingerprint density at radius 1 is 1.00 bits per heavy atom. The number of anilines is 1. The van der Waals surface area contributed by atoms with Crippen LogP contribution in [0.25, 0.3) is 0 Å². The monoisotopic (exact) mass is 349 g/mol. The van der Waals surface area contributed by atoms with Crippen LogP contribution in [-0.4, -0.2) is 49.0 Å². The smallest absolute Gasteiger partial charge is 0.413 e. The molecular weight excluding hydrogens is 322 g/mol. The van der Waals surface area contributed by atoms with Crippen LogP contribution < -0.4 is 10.6 Å². The van der Waals surface area contributed by atoms with Crippen LogP contribution in [0.1, 0.15) is 30.5 Å². The van der Waals surface area contributed by atoms with Crippen LogP contribution in [0.4, 0.5) is 10.5 Å². The molecule has 7 heteroatoms. The first-order valence-electron chi connectivity index (χ1n) is 8.33. The third-order valence-electron chi connectivity index (χ3n) is 3.64. The molecule has 25 heavy (non-hydrogen) atoms. The van der Waals surface area contributed by atoms with E-state index < -0.39 is 12.0 Å². The zero-order valence-electron chi connectivity index (χ0n) is 15.6. The Kier molecular flexibility index (Phi) is 8.07. The molecule has 0 saturated carbocycles. The van der Waals surface area contributed by atoms with E-state index in [2.05, 4.69) is 15.4 Å². The Hall–Kier alpha value is -2.41. The number of hydrogen-bond donors (Lipinski definition) is 2. The van der Waals surface area contributed by atoms with Gasteiger partial charge in [0.05, 0.1) is 19.7 Å². The predicted molar refractivity (Wildman–Crippen MR) is 96.6 cm³/mol. The molecule has 0 fully saturated rings. The third-order valence-corrected chi connectivity index (χ3v) is 3.64. The Morgan fingerprint density at radius 2 is 1.56 bits per heavy atom. The van der Waals surface area contributed by atoms with Gasteiger partial charge in [0, 0.05) is 5.69 Å². The summed E-state index contributed by atoms with van der Waals surface area (Å²) < 4.78 is 4.66. The van der Waals surface area contributed by atoms with Crippen LogP contribution >= 0.6 is 0 Å². The molecule has 0 aliphatic carbocycles. The van der Waals surface area contributed by atoms with Crippen molar-refractivity contribution in [3.8, 4) is 0 Å². The van der Waals surface area contributed by atoms with Gasteiger partial charge >= 0.3 is 6.09 Å². The van der Waals surface area contributed by atoms with Crippen LogP contribution in [0.2, 0.25) is 0 Å². The highest BCUT2D eigenvalue weighted by atomic mass is 16.5. The van der Waals surface area contributed by atoms with Crippen molar-refractivity contribution in [2.45, 2.75) is 34.6 Å². The van der Waals surface area contributed by atoms with Gasteiger partial charge in [0.25, 0.3) is 0 Å². The van der Waals surface area contributed by atoms with Gasteiger partial charge in [0.15, 0.2) is 0 Å². The first-order valence-corrected chi connectivity index (χ1v) is 8.33. The fourth-order valence-electron chi connectivity index (χ4n) is 2.56. The number of likely N-dealkylation sites (N-methyl/N-ethyl adjacent to an activating group) is 1. The summed E-state index contributed by atoms with van der Waals surface area (Å²) in [7, 11) is 0. The normalized spacial score (nSPS) is 10.5. The molecule has 1 rings (SSSR count). The summed E-state index contributed by atoms with van der Waals surface area (Å²) in [6.45, 7) is 10.1. The Morgan fingerprint density at radius 3 is 2.08 bits per heavy atom. The summed E-state index contributed by atoms with van der Waals surface area (Å²) in [6.07, 6.45) is -0.779. The van der Waals surface area contributed by atoms with Crippen molar-refractivity contribution in [3.05, 3.63) is 28.8 Å². The SMILES string of the molecule is CCOC(=O)NC(=O)CN(CC)CC(=O)Nc1c(C)cc(C)cc1C. The number of ether oxygens (including phenoxy) is 1. The number of aryl methyl sites for hydroxylation is 3. The van der Waals surface area contributed by atoms with E-state index in [0.29, 0.717) is 6.54 Å². The molecule has 0 aliphatic rings. The number of carbonyl (C=O) groups excluding carboxylic acids is 3. The molecule has 138 valence electrons. The van der Waals surface area contributed by atoms with Crippen molar-refractivity contribution >= 4 is 23.6 Å². The largest absolute Gasteiger partial charge is 0.450 e.